The molecule has 1 fully saturated rings. The molecule has 0 unspecified atom stereocenters. The van der Waals surface area contributed by atoms with Crippen LogP contribution in [0, 0.1) is 0 Å². The smallest absolute Gasteiger partial charge is 0.326 e. The average molecular weight is 214 g/mol. The monoisotopic (exact) mass is 214 g/mol. The number of urea groups is 1. The quantitative estimate of drug-likeness (QED) is 0.641. The Balaban J connectivity index is 2.36. The fourth-order valence-electron chi connectivity index (χ4n) is 1.33. The molecule has 1 rings (SSSR count). The Morgan fingerprint density at radius 3 is 2.47 bits per heavy atom. The molecule has 5 nitrogen and oxygen atoms in total. The van der Waals surface area contributed by atoms with Crippen LogP contribution in [0.4, 0.5) is 4.79 Å². The first-order chi connectivity index (χ1) is 6.97. The summed E-state index contributed by atoms with van der Waals surface area (Å²) in [6.07, 6.45) is 3.12. The van der Waals surface area contributed by atoms with Crippen LogP contribution in [0.3, 0.4) is 0 Å². The van der Waals surface area contributed by atoms with Crippen molar-refractivity contribution in [3.05, 3.63) is 0 Å². The Hall–Kier alpha value is -1.26. The second-order valence-electron chi connectivity index (χ2n) is 4.34. The molecule has 86 valence electrons. The van der Waals surface area contributed by atoms with Crippen molar-refractivity contribution in [2.45, 2.75) is 51.1 Å². The van der Waals surface area contributed by atoms with Gasteiger partial charge in [-0.2, -0.15) is 0 Å². The summed E-state index contributed by atoms with van der Waals surface area (Å²) < 4.78 is 0. The van der Waals surface area contributed by atoms with Gasteiger partial charge in [0.15, 0.2) is 0 Å². The zero-order valence-electron chi connectivity index (χ0n) is 9.17. The number of rotatable bonds is 5. The molecule has 3 N–H and O–H groups in total. The third-order valence-corrected chi connectivity index (χ3v) is 2.60. The molecule has 0 spiro atoms. The van der Waals surface area contributed by atoms with Gasteiger partial charge in [-0.1, -0.05) is 13.3 Å². The highest BCUT2D eigenvalue weighted by Gasteiger charge is 2.39. The van der Waals surface area contributed by atoms with E-state index in [0.717, 1.165) is 19.3 Å². The van der Waals surface area contributed by atoms with Gasteiger partial charge in [-0.3, -0.25) is 0 Å². The van der Waals surface area contributed by atoms with Gasteiger partial charge >= 0.3 is 12.0 Å². The third kappa shape index (κ3) is 3.77. The van der Waals surface area contributed by atoms with Crippen molar-refractivity contribution in [3.8, 4) is 0 Å². The summed E-state index contributed by atoms with van der Waals surface area (Å²) in [6, 6.07) is -1.16. The molecule has 2 amide bonds. The minimum absolute atomic E-state index is 0.112. The molecule has 0 aromatic carbocycles. The molecule has 1 aliphatic rings. The number of hydrogen-bond acceptors (Lipinski definition) is 2. The van der Waals surface area contributed by atoms with E-state index in [2.05, 4.69) is 10.6 Å². The number of carboxylic acids is 1. The molecule has 0 aromatic heterocycles. The maximum atomic E-state index is 11.4. The number of aliphatic carboxylic acids is 1. The number of hydrogen-bond donors (Lipinski definition) is 3. The first-order valence-corrected chi connectivity index (χ1v) is 5.28. The van der Waals surface area contributed by atoms with Crippen molar-refractivity contribution < 1.29 is 14.7 Å². The normalized spacial score (nSPS) is 19.1. The van der Waals surface area contributed by atoms with Crippen molar-refractivity contribution in [2.75, 3.05) is 0 Å². The van der Waals surface area contributed by atoms with E-state index in [1.807, 2.05) is 13.8 Å². The lowest BCUT2D eigenvalue weighted by Crippen LogP contribution is -2.49. The highest BCUT2D eigenvalue weighted by atomic mass is 16.4. The van der Waals surface area contributed by atoms with Crippen molar-refractivity contribution in [2.24, 2.45) is 0 Å². The second kappa shape index (κ2) is 4.51. The molecule has 15 heavy (non-hydrogen) atoms. The SMILES string of the molecule is CCC[C@@H](NC(=O)NC1(C)CC1)C(=O)O. The van der Waals surface area contributed by atoms with Crippen LogP contribution in [0.5, 0.6) is 0 Å². The largest absolute Gasteiger partial charge is 0.480 e. The molecule has 1 atom stereocenters. The molecule has 0 aromatic rings. The zero-order valence-corrected chi connectivity index (χ0v) is 9.17. The average Bonchev–Trinajstić information content (AvgIpc) is 2.82. The van der Waals surface area contributed by atoms with E-state index < -0.39 is 12.0 Å². The second-order valence-corrected chi connectivity index (χ2v) is 4.34. The molecular formula is C10H18N2O3. The van der Waals surface area contributed by atoms with Gasteiger partial charge < -0.3 is 15.7 Å². The molecule has 0 saturated heterocycles. The van der Waals surface area contributed by atoms with Crippen LogP contribution in [0.1, 0.15) is 39.5 Å². The number of carbonyl (C=O) groups is 2. The fourth-order valence-corrected chi connectivity index (χ4v) is 1.33. The van der Waals surface area contributed by atoms with Gasteiger partial charge in [-0.25, -0.2) is 9.59 Å². The summed E-state index contributed by atoms with van der Waals surface area (Å²) in [6.45, 7) is 3.83. The molecule has 0 heterocycles. The molecule has 5 heteroatoms. The number of amides is 2. The Labute approximate surface area is 89.2 Å². The lowest BCUT2D eigenvalue weighted by atomic mass is 10.2. The Kier molecular flexibility index (Phi) is 3.55. The Bertz CT molecular complexity index is 261. The number of carboxylic acid groups (broad SMARTS) is 1. The molecule has 1 aliphatic carbocycles. The Morgan fingerprint density at radius 1 is 1.47 bits per heavy atom. The first-order valence-electron chi connectivity index (χ1n) is 5.28. The summed E-state index contributed by atoms with van der Waals surface area (Å²) in [7, 11) is 0. The predicted octanol–water partition coefficient (Wildman–Crippen LogP) is 1.09. The molecule has 1 saturated carbocycles. The van der Waals surface area contributed by atoms with Crippen LogP contribution in [-0.2, 0) is 4.79 Å². The van der Waals surface area contributed by atoms with E-state index in [1.54, 1.807) is 0 Å². The summed E-state index contributed by atoms with van der Waals surface area (Å²) in [4.78, 5) is 22.2. The minimum atomic E-state index is -0.979. The van der Waals surface area contributed by atoms with E-state index in [1.165, 1.54) is 0 Å². The molecule has 0 bridgehead atoms. The summed E-state index contributed by atoms with van der Waals surface area (Å²) in [5.74, 6) is -0.979. The fraction of sp³-hybridized carbons (Fsp3) is 0.800. The highest BCUT2D eigenvalue weighted by Crippen LogP contribution is 2.33. The van der Waals surface area contributed by atoms with E-state index in [9.17, 15) is 9.59 Å². The van der Waals surface area contributed by atoms with Crippen LogP contribution < -0.4 is 10.6 Å². The van der Waals surface area contributed by atoms with Gasteiger partial charge in [0.05, 0.1) is 0 Å². The highest BCUT2D eigenvalue weighted by molar-refractivity contribution is 5.83. The van der Waals surface area contributed by atoms with Crippen molar-refractivity contribution in [1.29, 1.82) is 0 Å². The molecule has 0 radical (unpaired) electrons. The maximum absolute atomic E-state index is 11.4. The standard InChI is InChI=1S/C10H18N2O3/c1-3-4-7(8(13)14)11-9(15)12-10(2)5-6-10/h7H,3-6H2,1-2H3,(H,13,14)(H2,11,12,15)/t7-/m1/s1. The van der Waals surface area contributed by atoms with E-state index in [0.29, 0.717) is 6.42 Å². The maximum Gasteiger partial charge on any atom is 0.326 e. The van der Waals surface area contributed by atoms with Crippen molar-refractivity contribution in [3.63, 3.8) is 0 Å². The van der Waals surface area contributed by atoms with Gasteiger partial charge in [-0.15, -0.1) is 0 Å². The first kappa shape index (κ1) is 11.8. The van der Waals surface area contributed by atoms with Crippen LogP contribution in [0.25, 0.3) is 0 Å². The van der Waals surface area contributed by atoms with Crippen LogP contribution >= 0.6 is 0 Å². The minimum Gasteiger partial charge on any atom is -0.480 e. The van der Waals surface area contributed by atoms with E-state index in [4.69, 9.17) is 5.11 Å². The summed E-state index contributed by atoms with van der Waals surface area (Å²) in [5.41, 5.74) is -0.112. The predicted molar refractivity (Wildman–Crippen MR) is 55.6 cm³/mol. The van der Waals surface area contributed by atoms with Crippen LogP contribution in [0.2, 0.25) is 0 Å². The zero-order chi connectivity index (χ0) is 11.5. The van der Waals surface area contributed by atoms with Gasteiger partial charge in [0.1, 0.15) is 6.04 Å². The van der Waals surface area contributed by atoms with Crippen LogP contribution in [0.15, 0.2) is 0 Å². The van der Waals surface area contributed by atoms with Crippen LogP contribution in [-0.4, -0.2) is 28.7 Å². The summed E-state index contributed by atoms with van der Waals surface area (Å²) >= 11 is 0. The Morgan fingerprint density at radius 2 is 2.07 bits per heavy atom. The van der Waals surface area contributed by atoms with Gasteiger partial charge in [-0.05, 0) is 26.2 Å². The van der Waals surface area contributed by atoms with Gasteiger partial charge in [0.2, 0.25) is 0 Å². The summed E-state index contributed by atoms with van der Waals surface area (Å²) in [5, 5.41) is 14.0. The molecular weight excluding hydrogens is 196 g/mol. The van der Waals surface area contributed by atoms with E-state index >= 15 is 0 Å². The topological polar surface area (TPSA) is 78.4 Å². The number of nitrogens with one attached hydrogen (secondary N) is 2. The lowest BCUT2D eigenvalue weighted by molar-refractivity contribution is -0.139. The molecule has 0 aliphatic heterocycles. The van der Waals surface area contributed by atoms with Crippen molar-refractivity contribution >= 4 is 12.0 Å². The number of carbonyl (C=O) groups excluding carboxylic acids is 1. The van der Waals surface area contributed by atoms with Gasteiger partial charge in [0.25, 0.3) is 0 Å². The lowest BCUT2D eigenvalue weighted by Gasteiger charge is -2.17. The van der Waals surface area contributed by atoms with E-state index in [-0.39, 0.29) is 11.6 Å². The van der Waals surface area contributed by atoms with Crippen molar-refractivity contribution in [1.82, 2.24) is 10.6 Å². The third-order valence-electron chi connectivity index (χ3n) is 2.60. The van der Waals surface area contributed by atoms with Gasteiger partial charge in [0, 0.05) is 5.54 Å².